The largest absolute Gasteiger partial charge is 1.00 e. The van der Waals surface area contributed by atoms with E-state index in [0.29, 0.717) is 0 Å². The van der Waals surface area contributed by atoms with Gasteiger partial charge in [0.05, 0.1) is 13.2 Å². The van der Waals surface area contributed by atoms with Gasteiger partial charge in [0, 0.05) is 24.1 Å². The number of benzene rings is 1. The van der Waals surface area contributed by atoms with Crippen LogP contribution in [0.5, 0.6) is 0 Å². The molecule has 0 N–H and O–H groups in total. The lowest BCUT2D eigenvalue weighted by molar-refractivity contribution is -0.00000483. The molecule has 0 aliphatic carbocycles. The molecule has 1 aromatic carbocycles. The van der Waals surface area contributed by atoms with Crippen LogP contribution in [0.15, 0.2) is 28.7 Å². The van der Waals surface area contributed by atoms with Crippen LogP contribution in [0.4, 0.5) is 0 Å². The lowest BCUT2D eigenvalue weighted by atomic mass is 10.2. The van der Waals surface area contributed by atoms with E-state index < -0.39 is 0 Å². The molecule has 0 atom stereocenters. The lowest BCUT2D eigenvalue weighted by Gasteiger charge is -2.26. The Morgan fingerprint density at radius 3 is 2.67 bits per heavy atom. The molecule has 1 aliphatic heterocycles. The van der Waals surface area contributed by atoms with Crippen LogP contribution in [0.25, 0.3) is 0 Å². The second-order valence-electron chi connectivity index (χ2n) is 3.52. The molecule has 0 amide bonds. The Labute approximate surface area is 105 Å². The zero-order valence-electron chi connectivity index (χ0n) is 8.46. The fourth-order valence-electron chi connectivity index (χ4n) is 1.65. The summed E-state index contributed by atoms with van der Waals surface area (Å²) >= 11 is 3.48. The third-order valence-electron chi connectivity index (χ3n) is 2.40. The van der Waals surface area contributed by atoms with Gasteiger partial charge in [0.15, 0.2) is 0 Å². The molecule has 1 saturated heterocycles. The first kappa shape index (κ1) is 13.0. The van der Waals surface area contributed by atoms with Crippen molar-refractivity contribution in [2.45, 2.75) is 6.54 Å². The molecular formula is C11H14BrClNO-. The average Bonchev–Trinajstić information content (AvgIpc) is 2.19. The molecule has 0 bridgehead atoms. The second-order valence-corrected chi connectivity index (χ2v) is 4.43. The summed E-state index contributed by atoms with van der Waals surface area (Å²) in [5.74, 6) is 0. The van der Waals surface area contributed by atoms with Gasteiger partial charge in [-0.15, -0.1) is 0 Å². The predicted molar refractivity (Wildman–Crippen MR) is 60.2 cm³/mol. The van der Waals surface area contributed by atoms with Crippen molar-refractivity contribution in [3.63, 3.8) is 0 Å². The SMILES string of the molecule is Brc1cccc(CN2CCOCC2)c1.[Cl-]. The summed E-state index contributed by atoms with van der Waals surface area (Å²) in [4.78, 5) is 2.42. The van der Waals surface area contributed by atoms with E-state index in [9.17, 15) is 0 Å². The van der Waals surface area contributed by atoms with Crippen molar-refractivity contribution in [1.29, 1.82) is 0 Å². The fourth-order valence-corrected chi connectivity index (χ4v) is 2.10. The highest BCUT2D eigenvalue weighted by Gasteiger charge is 2.10. The van der Waals surface area contributed by atoms with Crippen LogP contribution >= 0.6 is 15.9 Å². The maximum atomic E-state index is 5.31. The van der Waals surface area contributed by atoms with Gasteiger partial charge < -0.3 is 17.1 Å². The van der Waals surface area contributed by atoms with Gasteiger partial charge in [0.1, 0.15) is 0 Å². The Balaban J connectivity index is 0.00000112. The van der Waals surface area contributed by atoms with Gasteiger partial charge in [-0.25, -0.2) is 0 Å². The van der Waals surface area contributed by atoms with Crippen molar-refractivity contribution >= 4 is 15.9 Å². The first-order valence-corrected chi connectivity index (χ1v) is 5.68. The Hall–Kier alpha value is -0.0900. The third-order valence-corrected chi connectivity index (χ3v) is 2.89. The maximum Gasteiger partial charge on any atom is 0.0594 e. The van der Waals surface area contributed by atoms with Crippen LogP contribution in [-0.2, 0) is 11.3 Å². The minimum absolute atomic E-state index is 0. The normalized spacial score (nSPS) is 17.1. The van der Waals surface area contributed by atoms with E-state index in [4.69, 9.17) is 4.74 Å². The van der Waals surface area contributed by atoms with Crippen molar-refractivity contribution in [3.05, 3.63) is 34.3 Å². The van der Waals surface area contributed by atoms with Crippen molar-refractivity contribution in [1.82, 2.24) is 4.90 Å². The highest BCUT2D eigenvalue weighted by Crippen LogP contribution is 2.13. The lowest BCUT2D eigenvalue weighted by Crippen LogP contribution is -3.00. The van der Waals surface area contributed by atoms with E-state index in [0.717, 1.165) is 37.3 Å². The molecule has 84 valence electrons. The van der Waals surface area contributed by atoms with Crippen LogP contribution in [-0.4, -0.2) is 31.2 Å². The van der Waals surface area contributed by atoms with Gasteiger partial charge in [-0.1, -0.05) is 28.1 Å². The highest BCUT2D eigenvalue weighted by atomic mass is 79.9. The van der Waals surface area contributed by atoms with Gasteiger partial charge in [-0.3, -0.25) is 4.90 Å². The molecule has 1 heterocycles. The molecule has 1 aliphatic rings. The Bertz CT molecular complexity index is 302. The van der Waals surface area contributed by atoms with E-state index in [1.54, 1.807) is 0 Å². The molecule has 0 unspecified atom stereocenters. The predicted octanol–water partition coefficient (Wildman–Crippen LogP) is -0.715. The maximum absolute atomic E-state index is 5.31. The Kier molecular flexibility index (Phi) is 5.61. The van der Waals surface area contributed by atoms with Crippen molar-refractivity contribution < 1.29 is 17.1 Å². The first-order chi connectivity index (χ1) is 6.84. The average molecular weight is 292 g/mol. The van der Waals surface area contributed by atoms with E-state index in [1.807, 2.05) is 0 Å². The van der Waals surface area contributed by atoms with Crippen molar-refractivity contribution in [3.8, 4) is 0 Å². The summed E-state index contributed by atoms with van der Waals surface area (Å²) in [6.45, 7) is 4.86. The Morgan fingerprint density at radius 2 is 2.00 bits per heavy atom. The molecule has 0 saturated carbocycles. The van der Waals surface area contributed by atoms with Gasteiger partial charge >= 0.3 is 0 Å². The van der Waals surface area contributed by atoms with Crippen molar-refractivity contribution in [2.24, 2.45) is 0 Å². The molecule has 4 heteroatoms. The molecular weight excluding hydrogens is 277 g/mol. The minimum Gasteiger partial charge on any atom is -1.00 e. The van der Waals surface area contributed by atoms with E-state index >= 15 is 0 Å². The molecule has 15 heavy (non-hydrogen) atoms. The van der Waals surface area contributed by atoms with Crippen LogP contribution in [0.2, 0.25) is 0 Å². The van der Waals surface area contributed by atoms with E-state index in [1.165, 1.54) is 5.56 Å². The fraction of sp³-hybridized carbons (Fsp3) is 0.455. The summed E-state index contributed by atoms with van der Waals surface area (Å²) in [7, 11) is 0. The molecule has 1 fully saturated rings. The molecule has 2 nitrogen and oxygen atoms in total. The van der Waals surface area contributed by atoms with Crippen LogP contribution in [0.1, 0.15) is 5.56 Å². The number of nitrogens with zero attached hydrogens (tertiary/aromatic N) is 1. The topological polar surface area (TPSA) is 12.5 Å². The molecule has 2 rings (SSSR count). The number of rotatable bonds is 2. The van der Waals surface area contributed by atoms with Gasteiger partial charge in [0.25, 0.3) is 0 Å². The summed E-state index contributed by atoms with van der Waals surface area (Å²) in [6.07, 6.45) is 0. The summed E-state index contributed by atoms with van der Waals surface area (Å²) in [5, 5.41) is 0. The minimum atomic E-state index is 0. The first-order valence-electron chi connectivity index (χ1n) is 4.89. The van der Waals surface area contributed by atoms with Crippen LogP contribution < -0.4 is 12.4 Å². The summed E-state index contributed by atoms with van der Waals surface area (Å²) < 4.78 is 6.47. The third kappa shape index (κ3) is 4.11. The van der Waals surface area contributed by atoms with Crippen LogP contribution in [0, 0.1) is 0 Å². The van der Waals surface area contributed by atoms with E-state index in [-0.39, 0.29) is 12.4 Å². The summed E-state index contributed by atoms with van der Waals surface area (Å²) in [6, 6.07) is 8.48. The van der Waals surface area contributed by atoms with Crippen molar-refractivity contribution in [2.75, 3.05) is 26.3 Å². The zero-order chi connectivity index (χ0) is 9.80. The number of morpholine rings is 1. The smallest absolute Gasteiger partial charge is 0.0594 e. The summed E-state index contributed by atoms with van der Waals surface area (Å²) in [5.41, 5.74) is 1.36. The standard InChI is InChI=1S/C11H14BrNO.ClH/c12-11-3-1-2-10(8-11)9-13-4-6-14-7-5-13;/h1-3,8H,4-7,9H2;1H/p-1. The number of hydrogen-bond donors (Lipinski definition) is 0. The molecule has 0 radical (unpaired) electrons. The number of halogens is 2. The van der Waals surface area contributed by atoms with E-state index in [2.05, 4.69) is 45.1 Å². The molecule has 1 aromatic rings. The van der Waals surface area contributed by atoms with Gasteiger partial charge in [0.2, 0.25) is 0 Å². The van der Waals surface area contributed by atoms with Gasteiger partial charge in [-0.05, 0) is 17.7 Å². The monoisotopic (exact) mass is 290 g/mol. The van der Waals surface area contributed by atoms with Crippen LogP contribution in [0.3, 0.4) is 0 Å². The highest BCUT2D eigenvalue weighted by molar-refractivity contribution is 9.10. The quantitative estimate of drug-likeness (QED) is 0.713. The zero-order valence-corrected chi connectivity index (χ0v) is 10.8. The Morgan fingerprint density at radius 1 is 1.27 bits per heavy atom. The second kappa shape index (κ2) is 6.48. The molecule has 0 aromatic heterocycles. The number of hydrogen-bond acceptors (Lipinski definition) is 2. The molecule has 0 spiro atoms. The van der Waals surface area contributed by atoms with Gasteiger partial charge in [-0.2, -0.15) is 0 Å². The number of ether oxygens (including phenoxy) is 1.